The van der Waals surface area contributed by atoms with Gasteiger partial charge in [0.1, 0.15) is 0 Å². The second kappa shape index (κ2) is 3.51. The summed E-state index contributed by atoms with van der Waals surface area (Å²) in [6, 6.07) is 7.17. The maximum atomic E-state index is 9.68. The van der Waals surface area contributed by atoms with Gasteiger partial charge >= 0.3 is 0 Å². The minimum atomic E-state index is 0.709. The molecule has 2 N–H and O–H groups in total. The van der Waals surface area contributed by atoms with Crippen LogP contribution in [0, 0.1) is 4.91 Å². The number of hydrogen-bond donors (Lipinski definition) is 1. The molecule has 1 aromatic rings. The van der Waals surface area contributed by atoms with Crippen LogP contribution in [0.1, 0.15) is 5.56 Å². The molecule has 0 radical (unpaired) electrons. The predicted octanol–water partition coefficient (Wildman–Crippen LogP) is 2.01. The normalized spacial score (nSPS) is 10.2. The maximum Gasteiger partial charge on any atom is 0.0720 e. The number of hydrogen-bond acceptors (Lipinski definition) is 3. The fourth-order valence-corrected chi connectivity index (χ4v) is 0.724. The van der Waals surface area contributed by atoms with Gasteiger partial charge in [0, 0.05) is 5.69 Å². The van der Waals surface area contributed by atoms with Crippen LogP contribution in [0.15, 0.2) is 35.6 Å². The Bertz CT molecular complexity index is 264. The van der Waals surface area contributed by atoms with Crippen molar-refractivity contribution in [3.05, 3.63) is 40.9 Å². The Hall–Kier alpha value is -1.64. The summed E-state index contributed by atoms with van der Waals surface area (Å²) in [6.07, 6.45) is 2.82. The second-order valence-electron chi connectivity index (χ2n) is 2.09. The van der Waals surface area contributed by atoms with Crippen molar-refractivity contribution in [2.75, 3.05) is 5.73 Å². The molecular weight excluding hydrogens is 140 g/mol. The quantitative estimate of drug-likeness (QED) is 0.515. The third-order valence-electron chi connectivity index (χ3n) is 1.26. The van der Waals surface area contributed by atoms with Crippen LogP contribution in [0.25, 0.3) is 6.08 Å². The minimum absolute atomic E-state index is 0.709. The zero-order valence-corrected chi connectivity index (χ0v) is 5.90. The van der Waals surface area contributed by atoms with Gasteiger partial charge in [-0.1, -0.05) is 12.1 Å². The van der Waals surface area contributed by atoms with Crippen molar-refractivity contribution in [3.63, 3.8) is 0 Å². The van der Waals surface area contributed by atoms with Gasteiger partial charge < -0.3 is 5.73 Å². The number of benzene rings is 1. The molecule has 0 heterocycles. The summed E-state index contributed by atoms with van der Waals surface area (Å²) in [6.45, 7) is 0. The molecule has 0 saturated heterocycles. The van der Waals surface area contributed by atoms with Crippen LogP contribution in [0.4, 0.5) is 5.69 Å². The minimum Gasteiger partial charge on any atom is -0.399 e. The third-order valence-corrected chi connectivity index (χ3v) is 1.26. The van der Waals surface area contributed by atoms with Crippen LogP contribution in [-0.2, 0) is 0 Å². The highest BCUT2D eigenvalue weighted by molar-refractivity contribution is 5.52. The Morgan fingerprint density at radius 3 is 2.45 bits per heavy atom. The van der Waals surface area contributed by atoms with Gasteiger partial charge in [0.05, 0.1) is 6.20 Å². The first kappa shape index (κ1) is 7.47. The van der Waals surface area contributed by atoms with Gasteiger partial charge in [0.15, 0.2) is 0 Å². The summed E-state index contributed by atoms with van der Waals surface area (Å²) in [5, 5.41) is 2.59. The van der Waals surface area contributed by atoms with E-state index in [1.54, 1.807) is 18.2 Å². The van der Waals surface area contributed by atoms with Gasteiger partial charge in [-0.25, -0.2) is 0 Å². The number of anilines is 1. The van der Waals surface area contributed by atoms with Crippen LogP contribution < -0.4 is 5.73 Å². The van der Waals surface area contributed by atoms with E-state index in [9.17, 15) is 4.91 Å². The molecule has 0 aromatic heterocycles. The van der Waals surface area contributed by atoms with E-state index in [2.05, 4.69) is 5.18 Å². The summed E-state index contributed by atoms with van der Waals surface area (Å²) >= 11 is 0. The van der Waals surface area contributed by atoms with Crippen LogP contribution in [0.2, 0.25) is 0 Å². The highest BCUT2D eigenvalue weighted by Gasteiger charge is 1.84. The fourth-order valence-electron chi connectivity index (χ4n) is 0.724. The first-order chi connectivity index (χ1) is 5.33. The Morgan fingerprint density at radius 1 is 1.27 bits per heavy atom. The lowest BCUT2D eigenvalue weighted by atomic mass is 10.2. The molecule has 0 unspecified atom stereocenters. The summed E-state index contributed by atoms with van der Waals surface area (Å²) in [4.78, 5) is 9.68. The van der Waals surface area contributed by atoms with E-state index in [1.807, 2.05) is 12.1 Å². The zero-order valence-electron chi connectivity index (χ0n) is 5.90. The first-order valence-electron chi connectivity index (χ1n) is 3.17. The highest BCUT2D eigenvalue weighted by Crippen LogP contribution is 2.06. The van der Waals surface area contributed by atoms with E-state index >= 15 is 0 Å². The molecule has 0 fully saturated rings. The monoisotopic (exact) mass is 148 g/mol. The Kier molecular flexibility index (Phi) is 2.38. The van der Waals surface area contributed by atoms with E-state index in [4.69, 9.17) is 5.73 Å². The molecule has 0 aliphatic rings. The SMILES string of the molecule is Nc1ccc(/C=C/N=O)cc1. The summed E-state index contributed by atoms with van der Waals surface area (Å²) in [7, 11) is 0. The molecule has 0 spiro atoms. The zero-order chi connectivity index (χ0) is 8.10. The second-order valence-corrected chi connectivity index (χ2v) is 2.09. The van der Waals surface area contributed by atoms with Gasteiger partial charge in [-0.2, -0.15) is 0 Å². The number of nitroso groups, excluding NO2 is 1. The molecule has 0 aliphatic carbocycles. The number of nitrogens with zero attached hydrogens (tertiary/aromatic N) is 1. The van der Waals surface area contributed by atoms with Gasteiger partial charge in [0.2, 0.25) is 0 Å². The number of nitrogen functional groups attached to an aromatic ring is 1. The van der Waals surface area contributed by atoms with Crippen LogP contribution >= 0.6 is 0 Å². The van der Waals surface area contributed by atoms with Gasteiger partial charge in [-0.3, -0.25) is 0 Å². The van der Waals surface area contributed by atoms with Crippen molar-refractivity contribution in [1.29, 1.82) is 0 Å². The van der Waals surface area contributed by atoms with Crippen molar-refractivity contribution >= 4 is 11.8 Å². The van der Waals surface area contributed by atoms with E-state index in [1.165, 1.54) is 6.20 Å². The van der Waals surface area contributed by atoms with Gasteiger partial charge in [0.25, 0.3) is 0 Å². The predicted molar refractivity (Wildman–Crippen MR) is 45.7 cm³/mol. The van der Waals surface area contributed by atoms with Crippen LogP contribution in [-0.4, -0.2) is 0 Å². The molecule has 1 rings (SSSR count). The highest BCUT2D eigenvalue weighted by atomic mass is 16.2. The number of nitrogens with two attached hydrogens (primary N) is 1. The standard InChI is InChI=1S/C8H8N2O/c9-8-3-1-7(2-4-8)5-6-10-11/h1-6H,9H2/b6-5+. The largest absolute Gasteiger partial charge is 0.399 e. The van der Waals surface area contributed by atoms with Crippen LogP contribution in [0.5, 0.6) is 0 Å². The summed E-state index contributed by atoms with van der Waals surface area (Å²) in [5.41, 5.74) is 7.07. The molecular formula is C8H8N2O. The number of rotatable bonds is 2. The van der Waals surface area contributed by atoms with E-state index < -0.39 is 0 Å². The molecule has 0 saturated carbocycles. The third kappa shape index (κ3) is 2.21. The average Bonchev–Trinajstić information content (AvgIpc) is 2.04. The Morgan fingerprint density at radius 2 is 1.91 bits per heavy atom. The van der Waals surface area contributed by atoms with E-state index in [-0.39, 0.29) is 0 Å². The molecule has 3 nitrogen and oxygen atoms in total. The summed E-state index contributed by atoms with van der Waals surface area (Å²) < 4.78 is 0. The lowest BCUT2D eigenvalue weighted by Gasteiger charge is -1.92. The van der Waals surface area contributed by atoms with Gasteiger partial charge in [-0.15, -0.1) is 4.91 Å². The molecule has 3 heteroatoms. The molecule has 0 atom stereocenters. The van der Waals surface area contributed by atoms with Crippen molar-refractivity contribution in [2.24, 2.45) is 5.18 Å². The molecule has 0 aliphatic heterocycles. The smallest absolute Gasteiger partial charge is 0.0720 e. The first-order valence-corrected chi connectivity index (χ1v) is 3.17. The maximum absolute atomic E-state index is 9.68. The molecule has 0 bridgehead atoms. The van der Waals surface area contributed by atoms with E-state index in [0.29, 0.717) is 5.69 Å². The lowest BCUT2D eigenvalue weighted by Crippen LogP contribution is -1.82. The molecule has 1 aromatic carbocycles. The summed E-state index contributed by atoms with van der Waals surface area (Å²) in [5.74, 6) is 0. The van der Waals surface area contributed by atoms with Crippen molar-refractivity contribution < 1.29 is 0 Å². The fraction of sp³-hybridized carbons (Fsp3) is 0. The van der Waals surface area contributed by atoms with Crippen molar-refractivity contribution in [3.8, 4) is 0 Å². The Balaban J connectivity index is 2.81. The molecule has 0 amide bonds. The Labute approximate surface area is 64.5 Å². The topological polar surface area (TPSA) is 55.4 Å². The molecule has 56 valence electrons. The van der Waals surface area contributed by atoms with Gasteiger partial charge in [-0.05, 0) is 28.9 Å². The molecule has 11 heavy (non-hydrogen) atoms. The average molecular weight is 148 g/mol. The van der Waals surface area contributed by atoms with Crippen molar-refractivity contribution in [2.45, 2.75) is 0 Å². The van der Waals surface area contributed by atoms with Crippen LogP contribution in [0.3, 0.4) is 0 Å². The lowest BCUT2D eigenvalue weighted by molar-refractivity contribution is 1.55. The van der Waals surface area contributed by atoms with E-state index in [0.717, 1.165) is 5.56 Å². The van der Waals surface area contributed by atoms with Crippen molar-refractivity contribution in [1.82, 2.24) is 0 Å².